The van der Waals surface area contributed by atoms with E-state index in [0.717, 1.165) is 0 Å². The minimum absolute atomic E-state index is 0.324. The lowest BCUT2D eigenvalue weighted by Gasteiger charge is -2.17. The Kier molecular flexibility index (Phi) is 6.43. The number of ether oxygens (including phenoxy) is 3. The number of amides is 1. The van der Waals surface area contributed by atoms with Gasteiger partial charge in [-0.15, -0.1) is 0 Å². The first-order valence-electron chi connectivity index (χ1n) is 8.07. The summed E-state index contributed by atoms with van der Waals surface area (Å²) < 4.78 is 15.7. The molecule has 0 aliphatic heterocycles. The van der Waals surface area contributed by atoms with Crippen molar-refractivity contribution < 1.29 is 23.8 Å². The van der Waals surface area contributed by atoms with Gasteiger partial charge in [-0.1, -0.05) is 6.92 Å². The van der Waals surface area contributed by atoms with Crippen molar-refractivity contribution in [2.45, 2.75) is 19.4 Å². The molecular formula is C19H22N2O5. The summed E-state index contributed by atoms with van der Waals surface area (Å²) in [5.41, 5.74) is 6.92. The van der Waals surface area contributed by atoms with Crippen LogP contribution < -0.4 is 20.5 Å². The first-order chi connectivity index (χ1) is 12.5. The number of carbonyl (C=O) groups is 2. The van der Waals surface area contributed by atoms with Gasteiger partial charge in [-0.3, -0.25) is 4.79 Å². The van der Waals surface area contributed by atoms with Crippen molar-refractivity contribution in [2.24, 2.45) is 0 Å². The summed E-state index contributed by atoms with van der Waals surface area (Å²) in [5, 5.41) is 2.71. The highest BCUT2D eigenvalue weighted by atomic mass is 16.5. The molecule has 26 heavy (non-hydrogen) atoms. The number of rotatable bonds is 7. The first kappa shape index (κ1) is 19.1. The van der Waals surface area contributed by atoms with Crippen molar-refractivity contribution in [3.63, 3.8) is 0 Å². The molecule has 0 bridgehead atoms. The van der Waals surface area contributed by atoms with Crippen molar-refractivity contribution in [1.29, 1.82) is 0 Å². The van der Waals surface area contributed by atoms with Crippen molar-refractivity contribution in [1.82, 2.24) is 0 Å². The Balaban J connectivity index is 2.09. The zero-order valence-electron chi connectivity index (χ0n) is 14.9. The smallest absolute Gasteiger partial charge is 0.338 e. The largest absolute Gasteiger partial charge is 0.497 e. The molecule has 2 rings (SSSR count). The summed E-state index contributed by atoms with van der Waals surface area (Å²) in [7, 11) is 3.03. The average Bonchev–Trinajstić information content (AvgIpc) is 2.66. The van der Waals surface area contributed by atoms with Gasteiger partial charge in [-0.05, 0) is 42.8 Å². The minimum atomic E-state index is -0.938. The van der Waals surface area contributed by atoms with Crippen LogP contribution in [0.5, 0.6) is 11.5 Å². The second kappa shape index (κ2) is 8.75. The molecule has 0 aliphatic carbocycles. The number of methoxy groups -OCH3 is 2. The Morgan fingerprint density at radius 2 is 1.77 bits per heavy atom. The summed E-state index contributed by atoms with van der Waals surface area (Å²) in [6.07, 6.45) is -0.614. The fourth-order valence-electron chi connectivity index (χ4n) is 2.25. The van der Waals surface area contributed by atoms with E-state index in [9.17, 15) is 9.59 Å². The third-order valence-corrected chi connectivity index (χ3v) is 3.73. The molecule has 0 spiro atoms. The van der Waals surface area contributed by atoms with E-state index in [1.807, 2.05) is 0 Å². The van der Waals surface area contributed by atoms with E-state index in [1.165, 1.54) is 14.2 Å². The Bertz CT molecular complexity index is 774. The predicted octanol–water partition coefficient (Wildman–Crippen LogP) is 2.86. The van der Waals surface area contributed by atoms with Gasteiger partial charge in [0.2, 0.25) is 0 Å². The molecule has 1 atom stereocenters. The normalized spacial score (nSPS) is 11.3. The van der Waals surface area contributed by atoms with Crippen LogP contribution in [0.4, 0.5) is 11.4 Å². The molecule has 0 aromatic heterocycles. The second-order valence-electron chi connectivity index (χ2n) is 5.48. The highest BCUT2D eigenvalue weighted by Gasteiger charge is 2.23. The van der Waals surface area contributed by atoms with Crippen LogP contribution in [-0.2, 0) is 9.53 Å². The van der Waals surface area contributed by atoms with Crippen LogP contribution >= 0.6 is 0 Å². The van der Waals surface area contributed by atoms with Crippen molar-refractivity contribution in [3.8, 4) is 11.5 Å². The molecule has 0 radical (unpaired) electrons. The number of nitrogens with two attached hydrogens (primary N) is 1. The van der Waals surface area contributed by atoms with Crippen molar-refractivity contribution in [2.75, 3.05) is 25.3 Å². The average molecular weight is 358 g/mol. The van der Waals surface area contributed by atoms with Gasteiger partial charge < -0.3 is 25.3 Å². The van der Waals surface area contributed by atoms with Gasteiger partial charge in [0.15, 0.2) is 6.10 Å². The van der Waals surface area contributed by atoms with Crippen LogP contribution in [0.25, 0.3) is 0 Å². The number of hydrogen-bond acceptors (Lipinski definition) is 6. The maximum atomic E-state index is 12.5. The highest BCUT2D eigenvalue weighted by Crippen LogP contribution is 2.29. The second-order valence-corrected chi connectivity index (χ2v) is 5.48. The van der Waals surface area contributed by atoms with Gasteiger partial charge in [0, 0.05) is 11.8 Å². The summed E-state index contributed by atoms with van der Waals surface area (Å²) >= 11 is 0. The Hall–Kier alpha value is -3.22. The van der Waals surface area contributed by atoms with Crippen LogP contribution in [0.15, 0.2) is 42.5 Å². The highest BCUT2D eigenvalue weighted by molar-refractivity contribution is 5.98. The molecule has 2 aromatic rings. The Labute approximate surface area is 152 Å². The third kappa shape index (κ3) is 4.66. The lowest BCUT2D eigenvalue weighted by Crippen LogP contribution is -2.32. The number of nitrogen functional groups attached to an aromatic ring is 1. The maximum Gasteiger partial charge on any atom is 0.338 e. The number of nitrogens with one attached hydrogen (secondary N) is 1. The molecule has 138 valence electrons. The van der Waals surface area contributed by atoms with E-state index in [2.05, 4.69) is 5.32 Å². The lowest BCUT2D eigenvalue weighted by molar-refractivity contribution is -0.124. The van der Waals surface area contributed by atoms with Crippen molar-refractivity contribution >= 4 is 23.3 Å². The molecule has 0 saturated carbocycles. The zero-order chi connectivity index (χ0) is 19.1. The number of anilines is 2. The van der Waals surface area contributed by atoms with Crippen LogP contribution in [-0.4, -0.2) is 32.2 Å². The van der Waals surface area contributed by atoms with E-state index in [-0.39, 0.29) is 0 Å². The Morgan fingerprint density at radius 3 is 2.35 bits per heavy atom. The molecule has 1 unspecified atom stereocenters. The number of hydrogen-bond donors (Lipinski definition) is 2. The molecule has 2 aromatic carbocycles. The van der Waals surface area contributed by atoms with Crippen LogP contribution in [0.1, 0.15) is 23.7 Å². The van der Waals surface area contributed by atoms with Gasteiger partial charge in [0.1, 0.15) is 11.5 Å². The maximum absolute atomic E-state index is 12.5. The minimum Gasteiger partial charge on any atom is -0.497 e. The zero-order valence-corrected chi connectivity index (χ0v) is 14.9. The van der Waals surface area contributed by atoms with Gasteiger partial charge in [0.05, 0.1) is 25.5 Å². The monoisotopic (exact) mass is 358 g/mol. The standard InChI is InChI=1S/C19H22N2O5/c1-4-16(26-19(23)12-5-7-13(20)8-6-12)18(22)21-15-10-9-14(24-2)11-17(15)25-3/h5-11,16H,4,20H2,1-3H3,(H,21,22). The lowest BCUT2D eigenvalue weighted by atomic mass is 10.2. The van der Waals surface area contributed by atoms with Gasteiger partial charge >= 0.3 is 5.97 Å². The van der Waals surface area contributed by atoms with Gasteiger partial charge in [0.25, 0.3) is 5.91 Å². The molecular weight excluding hydrogens is 336 g/mol. The predicted molar refractivity (Wildman–Crippen MR) is 98.5 cm³/mol. The quantitative estimate of drug-likeness (QED) is 0.583. The molecule has 0 saturated heterocycles. The van der Waals surface area contributed by atoms with Gasteiger partial charge in [-0.2, -0.15) is 0 Å². The fraction of sp³-hybridized carbons (Fsp3) is 0.263. The van der Waals surface area contributed by atoms with Crippen LogP contribution in [0.2, 0.25) is 0 Å². The summed E-state index contributed by atoms with van der Waals surface area (Å²) in [4.78, 5) is 24.7. The molecule has 1 amide bonds. The summed E-state index contributed by atoms with van der Waals surface area (Å²) in [6, 6.07) is 11.3. The van der Waals surface area contributed by atoms with Crippen molar-refractivity contribution in [3.05, 3.63) is 48.0 Å². The number of esters is 1. The molecule has 7 nitrogen and oxygen atoms in total. The van der Waals surface area contributed by atoms with Crippen LogP contribution in [0.3, 0.4) is 0 Å². The van der Waals surface area contributed by atoms with E-state index in [1.54, 1.807) is 49.4 Å². The number of benzene rings is 2. The van der Waals surface area contributed by atoms with Crippen LogP contribution in [0, 0.1) is 0 Å². The Morgan fingerprint density at radius 1 is 1.08 bits per heavy atom. The van der Waals surface area contributed by atoms with E-state index in [4.69, 9.17) is 19.9 Å². The summed E-state index contributed by atoms with van der Waals surface area (Å²) in [5.74, 6) is 0.00698. The molecule has 0 aliphatic rings. The molecule has 0 heterocycles. The first-order valence-corrected chi connectivity index (χ1v) is 8.07. The fourth-order valence-corrected chi connectivity index (χ4v) is 2.25. The molecule has 7 heteroatoms. The molecule has 0 fully saturated rings. The van der Waals surface area contributed by atoms with E-state index < -0.39 is 18.0 Å². The van der Waals surface area contributed by atoms with E-state index >= 15 is 0 Å². The molecule has 3 N–H and O–H groups in total. The van der Waals surface area contributed by atoms with E-state index in [0.29, 0.717) is 34.9 Å². The number of carbonyl (C=O) groups excluding carboxylic acids is 2. The SMILES string of the molecule is CCC(OC(=O)c1ccc(N)cc1)C(=O)Nc1ccc(OC)cc1OC. The summed E-state index contributed by atoms with van der Waals surface area (Å²) in [6.45, 7) is 1.76. The third-order valence-electron chi connectivity index (χ3n) is 3.73. The van der Waals surface area contributed by atoms with Gasteiger partial charge in [-0.25, -0.2) is 4.79 Å². The topological polar surface area (TPSA) is 99.9 Å².